The Balaban J connectivity index is 1.50. The van der Waals surface area contributed by atoms with Crippen molar-refractivity contribution in [1.29, 1.82) is 0 Å². The predicted octanol–water partition coefficient (Wildman–Crippen LogP) is 4.70. The minimum Gasteiger partial charge on any atom is -0.441 e. The van der Waals surface area contributed by atoms with Gasteiger partial charge in [-0.3, -0.25) is 4.72 Å². The molecular formula is C22H18N2O3S. The van der Waals surface area contributed by atoms with E-state index >= 15 is 0 Å². The highest BCUT2D eigenvalue weighted by Crippen LogP contribution is 2.35. The molecule has 0 saturated carbocycles. The second kappa shape index (κ2) is 6.21. The van der Waals surface area contributed by atoms with Gasteiger partial charge in [0.05, 0.1) is 11.1 Å². The Morgan fingerprint density at radius 1 is 0.964 bits per heavy atom. The Morgan fingerprint density at radius 3 is 2.43 bits per heavy atom. The number of hydrogen-bond donors (Lipinski definition) is 1. The number of aromatic nitrogens is 1. The fraction of sp³-hybridized carbons (Fsp3) is 0.136. The molecule has 5 rings (SSSR count). The van der Waals surface area contributed by atoms with E-state index in [1.165, 1.54) is 11.1 Å². The maximum atomic E-state index is 13.1. The van der Waals surface area contributed by atoms with Crippen LogP contribution in [0.1, 0.15) is 17.0 Å². The minimum absolute atomic E-state index is 0.310. The molecule has 1 heterocycles. The monoisotopic (exact) mass is 390 g/mol. The molecule has 0 fully saturated rings. The molecule has 1 aliphatic rings. The molecule has 0 amide bonds. The average Bonchev–Trinajstić information content (AvgIpc) is 3.30. The molecule has 1 N–H and O–H groups in total. The molecule has 140 valence electrons. The molecule has 0 aliphatic heterocycles. The van der Waals surface area contributed by atoms with Crippen LogP contribution >= 0.6 is 0 Å². The normalized spacial score (nSPS) is 13.2. The van der Waals surface area contributed by atoms with Crippen molar-refractivity contribution in [2.24, 2.45) is 0 Å². The van der Waals surface area contributed by atoms with Gasteiger partial charge in [-0.25, -0.2) is 13.4 Å². The fourth-order valence-corrected chi connectivity index (χ4v) is 5.13. The smallest absolute Gasteiger partial charge is 0.262 e. The molecule has 0 unspecified atom stereocenters. The summed E-state index contributed by atoms with van der Waals surface area (Å²) in [6.45, 7) is 1.78. The summed E-state index contributed by atoms with van der Waals surface area (Å²) in [7, 11) is -3.70. The highest BCUT2D eigenvalue weighted by atomic mass is 32.2. The lowest BCUT2D eigenvalue weighted by Gasteiger charge is -2.12. The first-order valence-corrected chi connectivity index (χ1v) is 10.6. The van der Waals surface area contributed by atoms with Gasteiger partial charge in [0.25, 0.3) is 10.0 Å². The van der Waals surface area contributed by atoms with Crippen LogP contribution in [0.4, 0.5) is 5.69 Å². The number of sulfonamides is 1. The first-order chi connectivity index (χ1) is 13.5. The Bertz CT molecular complexity index is 1300. The number of aryl methyl sites for hydroxylation is 3. The zero-order valence-corrected chi connectivity index (χ0v) is 16.1. The van der Waals surface area contributed by atoms with E-state index in [1.54, 1.807) is 31.3 Å². The summed E-state index contributed by atoms with van der Waals surface area (Å²) in [6.07, 6.45) is 3.58. The Kier molecular flexibility index (Phi) is 3.77. The third-order valence-electron chi connectivity index (χ3n) is 5.17. The average molecular weight is 390 g/mol. The summed E-state index contributed by atoms with van der Waals surface area (Å²) in [6, 6.07) is 16.6. The SMILES string of the molecule is Cc1ncc(-c2ccc(NS(=O)(=O)c3ccc4c5c(cccc35)CC4)cc2)o1. The minimum atomic E-state index is -3.70. The molecule has 0 saturated heterocycles. The summed E-state index contributed by atoms with van der Waals surface area (Å²) in [4.78, 5) is 4.39. The van der Waals surface area contributed by atoms with Gasteiger partial charge < -0.3 is 4.42 Å². The Labute approximate surface area is 163 Å². The van der Waals surface area contributed by atoms with Crippen molar-refractivity contribution in [3.8, 4) is 11.3 Å². The fourth-order valence-electron chi connectivity index (χ4n) is 3.86. The lowest BCUT2D eigenvalue weighted by atomic mass is 10.1. The van der Waals surface area contributed by atoms with Crippen molar-refractivity contribution in [1.82, 2.24) is 4.98 Å². The third kappa shape index (κ3) is 2.77. The number of oxazole rings is 1. The van der Waals surface area contributed by atoms with E-state index in [-0.39, 0.29) is 0 Å². The molecule has 1 aliphatic carbocycles. The third-order valence-corrected chi connectivity index (χ3v) is 6.61. The molecular weight excluding hydrogens is 372 g/mol. The molecule has 28 heavy (non-hydrogen) atoms. The van der Waals surface area contributed by atoms with Gasteiger partial charge in [-0.2, -0.15) is 0 Å². The van der Waals surface area contributed by atoms with Crippen molar-refractivity contribution < 1.29 is 12.8 Å². The summed E-state index contributed by atoms with van der Waals surface area (Å²) in [5, 5.41) is 1.87. The standard InChI is InChI=1S/C22H18N2O3S/c1-14-23-13-20(27-14)15-7-10-18(11-8-15)24-28(25,26)21-12-9-17-6-5-16-3-2-4-19(21)22(16)17/h2-4,7-13,24H,5-6H2,1H3. The molecule has 1 aromatic heterocycles. The lowest BCUT2D eigenvalue weighted by molar-refractivity contribution is 0.534. The van der Waals surface area contributed by atoms with Crippen molar-refractivity contribution in [2.45, 2.75) is 24.7 Å². The largest absolute Gasteiger partial charge is 0.441 e. The van der Waals surface area contributed by atoms with Gasteiger partial charge in [-0.05, 0) is 59.7 Å². The van der Waals surface area contributed by atoms with E-state index in [4.69, 9.17) is 4.42 Å². The lowest BCUT2D eigenvalue weighted by Crippen LogP contribution is -2.13. The molecule has 4 aromatic rings. The number of anilines is 1. The van der Waals surface area contributed by atoms with Crippen molar-refractivity contribution in [3.63, 3.8) is 0 Å². The maximum Gasteiger partial charge on any atom is 0.262 e. The summed E-state index contributed by atoms with van der Waals surface area (Å²) in [5.74, 6) is 1.24. The van der Waals surface area contributed by atoms with Crippen LogP contribution in [0.15, 0.2) is 70.1 Å². The van der Waals surface area contributed by atoms with E-state index in [0.717, 1.165) is 29.2 Å². The van der Waals surface area contributed by atoms with E-state index in [9.17, 15) is 8.42 Å². The van der Waals surface area contributed by atoms with Crippen LogP contribution in [-0.2, 0) is 22.9 Å². The van der Waals surface area contributed by atoms with Crippen LogP contribution in [0, 0.1) is 6.92 Å². The van der Waals surface area contributed by atoms with Crippen LogP contribution in [0.25, 0.3) is 22.1 Å². The van der Waals surface area contributed by atoms with E-state index in [0.29, 0.717) is 22.2 Å². The molecule has 0 radical (unpaired) electrons. The van der Waals surface area contributed by atoms with Gasteiger partial charge in [-0.1, -0.05) is 24.3 Å². The van der Waals surface area contributed by atoms with Crippen LogP contribution in [-0.4, -0.2) is 13.4 Å². The Morgan fingerprint density at radius 2 is 1.71 bits per heavy atom. The van der Waals surface area contributed by atoms with E-state index in [1.807, 2.05) is 30.3 Å². The molecule has 3 aromatic carbocycles. The molecule has 0 atom stereocenters. The van der Waals surface area contributed by atoms with Crippen LogP contribution in [0.5, 0.6) is 0 Å². The number of rotatable bonds is 4. The summed E-state index contributed by atoms with van der Waals surface area (Å²) >= 11 is 0. The van der Waals surface area contributed by atoms with Gasteiger partial charge in [0, 0.05) is 23.6 Å². The topological polar surface area (TPSA) is 72.2 Å². The summed E-state index contributed by atoms with van der Waals surface area (Å²) in [5.41, 5.74) is 3.78. The molecule has 5 nitrogen and oxygen atoms in total. The predicted molar refractivity (Wildman–Crippen MR) is 109 cm³/mol. The number of nitrogens with zero attached hydrogens (tertiary/aromatic N) is 1. The number of hydrogen-bond acceptors (Lipinski definition) is 4. The highest BCUT2D eigenvalue weighted by molar-refractivity contribution is 7.93. The quantitative estimate of drug-likeness (QED) is 0.548. The van der Waals surface area contributed by atoms with Crippen LogP contribution in [0.3, 0.4) is 0 Å². The highest BCUT2D eigenvalue weighted by Gasteiger charge is 2.22. The zero-order valence-electron chi connectivity index (χ0n) is 15.3. The van der Waals surface area contributed by atoms with Gasteiger partial charge >= 0.3 is 0 Å². The van der Waals surface area contributed by atoms with E-state index in [2.05, 4.69) is 15.8 Å². The first kappa shape index (κ1) is 17.0. The Hall–Kier alpha value is -3.12. The second-order valence-electron chi connectivity index (χ2n) is 6.99. The molecule has 0 bridgehead atoms. The molecule has 6 heteroatoms. The van der Waals surface area contributed by atoms with Gasteiger partial charge in [0.15, 0.2) is 11.7 Å². The van der Waals surface area contributed by atoms with Crippen molar-refractivity contribution >= 4 is 26.5 Å². The van der Waals surface area contributed by atoms with Crippen LogP contribution in [0.2, 0.25) is 0 Å². The second-order valence-corrected chi connectivity index (χ2v) is 8.64. The zero-order chi connectivity index (χ0) is 19.3. The number of benzene rings is 3. The van der Waals surface area contributed by atoms with Gasteiger partial charge in [0.2, 0.25) is 0 Å². The maximum absolute atomic E-state index is 13.1. The van der Waals surface area contributed by atoms with Crippen molar-refractivity contribution in [3.05, 3.63) is 77.8 Å². The van der Waals surface area contributed by atoms with Gasteiger partial charge in [-0.15, -0.1) is 0 Å². The molecule has 0 spiro atoms. The number of nitrogens with one attached hydrogen (secondary N) is 1. The van der Waals surface area contributed by atoms with E-state index < -0.39 is 10.0 Å². The van der Waals surface area contributed by atoms with Crippen molar-refractivity contribution in [2.75, 3.05) is 4.72 Å². The summed E-state index contributed by atoms with van der Waals surface area (Å²) < 4.78 is 34.4. The van der Waals surface area contributed by atoms with Gasteiger partial charge in [0.1, 0.15) is 0 Å². The first-order valence-electron chi connectivity index (χ1n) is 9.10. The van der Waals surface area contributed by atoms with Crippen LogP contribution < -0.4 is 4.72 Å².